The minimum Gasteiger partial charge on any atom is -0.385 e. The molecule has 0 spiro atoms. The summed E-state index contributed by atoms with van der Waals surface area (Å²) in [6.45, 7) is 0.744. The molecule has 17 heavy (non-hydrogen) atoms. The number of Topliss-reactive ketones (excluding diaryl/α,β-unsaturated/α-hetero) is 1. The molecule has 0 aromatic heterocycles. The summed E-state index contributed by atoms with van der Waals surface area (Å²) in [5.74, 6) is -1.85. The molecule has 0 saturated carbocycles. The largest absolute Gasteiger partial charge is 0.385 e. The summed E-state index contributed by atoms with van der Waals surface area (Å²) in [7, 11) is 1.55. The summed E-state index contributed by atoms with van der Waals surface area (Å²) in [5.41, 5.74) is 0.242. The number of methoxy groups -OCH3 is 1. The Morgan fingerprint density at radius 3 is 2.82 bits per heavy atom. The van der Waals surface area contributed by atoms with Crippen LogP contribution >= 0.6 is 0 Å². The van der Waals surface area contributed by atoms with Gasteiger partial charge in [-0.15, -0.1) is 0 Å². The highest BCUT2D eigenvalue weighted by molar-refractivity contribution is 6.52. The maximum absolute atomic E-state index is 13.6. The molecule has 0 aliphatic carbocycles. The van der Waals surface area contributed by atoms with Gasteiger partial charge in [-0.25, -0.2) is 4.39 Å². The van der Waals surface area contributed by atoms with Crippen molar-refractivity contribution < 1.29 is 18.7 Å². The third-order valence-electron chi connectivity index (χ3n) is 2.67. The molecule has 0 unspecified atom stereocenters. The molecule has 0 saturated heterocycles. The smallest absolute Gasteiger partial charge is 0.299 e. The number of ether oxygens (including phenoxy) is 1. The van der Waals surface area contributed by atoms with Gasteiger partial charge >= 0.3 is 0 Å². The summed E-state index contributed by atoms with van der Waals surface area (Å²) in [5, 5.41) is 0. The molecule has 2 rings (SSSR count). The first-order valence-electron chi connectivity index (χ1n) is 5.30. The molecule has 1 aliphatic rings. The van der Waals surface area contributed by atoms with Crippen LogP contribution in [0.4, 0.5) is 10.1 Å². The number of benzene rings is 1. The molecular formula is C12H12FNO3. The van der Waals surface area contributed by atoms with Crippen LogP contribution in [0.3, 0.4) is 0 Å². The summed E-state index contributed by atoms with van der Waals surface area (Å²) in [4.78, 5) is 24.5. The summed E-state index contributed by atoms with van der Waals surface area (Å²) in [6, 6.07) is 4.14. The minimum absolute atomic E-state index is 0.0959. The van der Waals surface area contributed by atoms with Crippen LogP contribution in [0.15, 0.2) is 18.2 Å². The summed E-state index contributed by atoms with van der Waals surface area (Å²) in [6.07, 6.45) is 0.559. The molecule has 5 heteroatoms. The highest BCUT2D eigenvalue weighted by atomic mass is 19.1. The lowest BCUT2D eigenvalue weighted by atomic mass is 10.1. The van der Waals surface area contributed by atoms with Gasteiger partial charge in [0.15, 0.2) is 0 Å². The summed E-state index contributed by atoms with van der Waals surface area (Å²) < 4.78 is 18.5. The Hall–Kier alpha value is -1.75. The Kier molecular flexibility index (Phi) is 3.19. The van der Waals surface area contributed by atoms with E-state index >= 15 is 0 Å². The van der Waals surface area contributed by atoms with Crippen molar-refractivity contribution in [1.82, 2.24) is 0 Å². The number of nitrogens with zero attached hydrogens (tertiary/aromatic N) is 1. The number of carbonyl (C=O) groups excluding carboxylic acids is 2. The predicted molar refractivity (Wildman–Crippen MR) is 59.6 cm³/mol. The van der Waals surface area contributed by atoms with Crippen LogP contribution < -0.4 is 4.90 Å². The van der Waals surface area contributed by atoms with Crippen molar-refractivity contribution in [3.63, 3.8) is 0 Å². The monoisotopic (exact) mass is 237 g/mol. The van der Waals surface area contributed by atoms with E-state index in [2.05, 4.69) is 0 Å². The van der Waals surface area contributed by atoms with Gasteiger partial charge in [-0.2, -0.15) is 0 Å². The van der Waals surface area contributed by atoms with Crippen molar-refractivity contribution >= 4 is 17.4 Å². The first-order chi connectivity index (χ1) is 8.16. The second kappa shape index (κ2) is 4.63. The number of halogens is 1. The predicted octanol–water partition coefficient (Wildman–Crippen LogP) is 1.39. The maximum Gasteiger partial charge on any atom is 0.299 e. The van der Waals surface area contributed by atoms with Crippen LogP contribution in [0.5, 0.6) is 0 Å². The molecule has 1 aliphatic heterocycles. The SMILES string of the molecule is COCCCN1C(=O)C(=O)c2cccc(F)c21. The summed E-state index contributed by atoms with van der Waals surface area (Å²) >= 11 is 0. The standard InChI is InChI=1S/C12H12FNO3/c1-17-7-3-6-14-10-8(11(15)12(14)16)4-2-5-9(10)13/h2,4-5H,3,6-7H2,1H3. The number of carbonyl (C=O) groups is 2. The van der Waals surface area contributed by atoms with Gasteiger partial charge in [-0.05, 0) is 18.6 Å². The van der Waals surface area contributed by atoms with Gasteiger partial charge in [0, 0.05) is 20.3 Å². The molecule has 1 amide bonds. The van der Waals surface area contributed by atoms with Gasteiger partial charge in [-0.1, -0.05) is 6.07 Å². The van der Waals surface area contributed by atoms with Gasteiger partial charge in [-0.3, -0.25) is 9.59 Å². The fourth-order valence-electron chi connectivity index (χ4n) is 1.89. The molecule has 0 radical (unpaired) electrons. The zero-order valence-electron chi connectivity index (χ0n) is 9.40. The number of anilines is 1. The highest BCUT2D eigenvalue weighted by Gasteiger charge is 2.37. The van der Waals surface area contributed by atoms with E-state index in [1.54, 1.807) is 7.11 Å². The number of para-hydroxylation sites is 1. The quantitative estimate of drug-likeness (QED) is 0.587. The number of hydrogen-bond donors (Lipinski definition) is 0. The fraction of sp³-hybridized carbons (Fsp3) is 0.333. The van der Waals surface area contributed by atoms with Crippen molar-refractivity contribution in [2.24, 2.45) is 0 Å². The molecule has 1 aromatic carbocycles. The number of rotatable bonds is 4. The number of fused-ring (bicyclic) bond motifs is 1. The Labute approximate surface area is 98.0 Å². The molecule has 0 N–H and O–H groups in total. The molecule has 1 aromatic rings. The van der Waals surface area contributed by atoms with Crippen molar-refractivity contribution in [3.05, 3.63) is 29.6 Å². The van der Waals surface area contributed by atoms with E-state index in [-0.39, 0.29) is 17.8 Å². The molecular weight excluding hydrogens is 225 g/mol. The molecule has 1 heterocycles. The lowest BCUT2D eigenvalue weighted by Crippen LogP contribution is -2.31. The van der Waals surface area contributed by atoms with Crippen LogP contribution in [0.1, 0.15) is 16.8 Å². The second-order valence-corrected chi connectivity index (χ2v) is 3.77. The molecule has 0 bridgehead atoms. The topological polar surface area (TPSA) is 46.6 Å². The van der Waals surface area contributed by atoms with Crippen molar-refractivity contribution in [3.8, 4) is 0 Å². The van der Waals surface area contributed by atoms with Gasteiger partial charge in [0.2, 0.25) is 0 Å². The molecule has 90 valence electrons. The Balaban J connectivity index is 2.30. The van der Waals surface area contributed by atoms with Crippen LogP contribution in [0.2, 0.25) is 0 Å². The van der Waals surface area contributed by atoms with E-state index in [0.717, 1.165) is 0 Å². The van der Waals surface area contributed by atoms with Gasteiger partial charge in [0.05, 0.1) is 11.3 Å². The average molecular weight is 237 g/mol. The Morgan fingerprint density at radius 2 is 2.12 bits per heavy atom. The number of ketones is 1. The Morgan fingerprint density at radius 1 is 1.35 bits per heavy atom. The van der Waals surface area contributed by atoms with E-state index in [1.807, 2.05) is 0 Å². The van der Waals surface area contributed by atoms with E-state index in [0.29, 0.717) is 13.0 Å². The number of hydrogen-bond acceptors (Lipinski definition) is 3. The molecule has 4 nitrogen and oxygen atoms in total. The van der Waals surface area contributed by atoms with Crippen LogP contribution in [0, 0.1) is 5.82 Å². The minimum atomic E-state index is -0.666. The zero-order valence-corrected chi connectivity index (χ0v) is 9.40. The van der Waals surface area contributed by atoms with Crippen molar-refractivity contribution in [1.29, 1.82) is 0 Å². The second-order valence-electron chi connectivity index (χ2n) is 3.77. The van der Waals surface area contributed by atoms with Crippen LogP contribution in [-0.4, -0.2) is 32.0 Å². The number of amides is 1. The fourth-order valence-corrected chi connectivity index (χ4v) is 1.89. The lowest BCUT2D eigenvalue weighted by Gasteiger charge is -2.16. The maximum atomic E-state index is 13.6. The van der Waals surface area contributed by atoms with Crippen LogP contribution in [0.25, 0.3) is 0 Å². The van der Waals surface area contributed by atoms with Crippen molar-refractivity contribution in [2.45, 2.75) is 6.42 Å². The lowest BCUT2D eigenvalue weighted by molar-refractivity contribution is -0.114. The molecule has 0 atom stereocenters. The van der Waals surface area contributed by atoms with Gasteiger partial charge < -0.3 is 9.64 Å². The van der Waals surface area contributed by atoms with E-state index in [4.69, 9.17) is 4.74 Å². The highest BCUT2D eigenvalue weighted by Crippen LogP contribution is 2.31. The van der Waals surface area contributed by atoms with E-state index in [1.165, 1.54) is 23.1 Å². The Bertz CT molecular complexity index is 473. The average Bonchev–Trinajstić information content (AvgIpc) is 2.56. The normalized spacial score (nSPS) is 14.4. The first kappa shape index (κ1) is 11.7. The van der Waals surface area contributed by atoms with Crippen molar-refractivity contribution in [2.75, 3.05) is 25.2 Å². The zero-order chi connectivity index (χ0) is 12.4. The van der Waals surface area contributed by atoms with Gasteiger partial charge in [0.25, 0.3) is 11.7 Å². The van der Waals surface area contributed by atoms with Gasteiger partial charge in [0.1, 0.15) is 5.82 Å². The van der Waals surface area contributed by atoms with E-state index in [9.17, 15) is 14.0 Å². The third kappa shape index (κ3) is 1.93. The van der Waals surface area contributed by atoms with Crippen LogP contribution in [-0.2, 0) is 9.53 Å². The molecule has 0 fully saturated rings. The first-order valence-corrected chi connectivity index (χ1v) is 5.30. The van der Waals surface area contributed by atoms with E-state index < -0.39 is 17.5 Å². The third-order valence-corrected chi connectivity index (χ3v) is 2.67.